The summed E-state index contributed by atoms with van der Waals surface area (Å²) in [6.45, 7) is 13.9. The second kappa shape index (κ2) is 56.1. The third-order valence-electron chi connectivity index (χ3n) is 15.1. The van der Waals surface area contributed by atoms with Gasteiger partial charge in [0.15, 0.2) is 12.2 Å². The molecule has 0 spiro atoms. The van der Waals surface area contributed by atoms with Gasteiger partial charge >= 0.3 is 39.5 Å². The molecule has 504 valence electrons. The van der Waals surface area contributed by atoms with Gasteiger partial charge in [-0.25, -0.2) is 9.13 Å². The number of unbranched alkanes of at least 4 members (excludes halogenated alkanes) is 29. The van der Waals surface area contributed by atoms with Gasteiger partial charge in [0.2, 0.25) is 0 Å². The van der Waals surface area contributed by atoms with Crippen molar-refractivity contribution in [2.45, 2.75) is 337 Å². The number of phosphoric ester groups is 2. The molecule has 17 nitrogen and oxygen atoms in total. The van der Waals surface area contributed by atoms with Gasteiger partial charge in [0.1, 0.15) is 19.3 Å². The van der Waals surface area contributed by atoms with Crippen LogP contribution in [-0.4, -0.2) is 96.7 Å². The van der Waals surface area contributed by atoms with E-state index in [0.717, 1.165) is 109 Å². The summed E-state index contributed by atoms with van der Waals surface area (Å²) in [5, 5.41) is 10.5. The molecule has 0 fully saturated rings. The summed E-state index contributed by atoms with van der Waals surface area (Å²) in [7, 11) is -9.89. The number of rotatable bonds is 63. The Balaban J connectivity index is 5.20. The average molecular weight is 1260 g/mol. The Hall–Kier alpha value is -1.94. The predicted molar refractivity (Wildman–Crippen MR) is 340 cm³/mol. The summed E-state index contributed by atoms with van der Waals surface area (Å²) in [6, 6.07) is 0. The lowest BCUT2D eigenvalue weighted by atomic mass is 10.0. The number of carbonyl (C=O) groups is 4. The molecule has 0 rings (SSSR count). The lowest BCUT2D eigenvalue weighted by Gasteiger charge is -2.21. The van der Waals surface area contributed by atoms with Crippen LogP contribution in [0, 0.1) is 23.7 Å². The fourth-order valence-electron chi connectivity index (χ4n) is 9.78. The predicted octanol–water partition coefficient (Wildman–Crippen LogP) is 18.1. The molecule has 0 radical (unpaired) electrons. The molecule has 0 aliphatic heterocycles. The monoisotopic (exact) mass is 1250 g/mol. The van der Waals surface area contributed by atoms with Crippen LogP contribution in [0.1, 0.15) is 319 Å². The smallest absolute Gasteiger partial charge is 0.462 e. The lowest BCUT2D eigenvalue weighted by Crippen LogP contribution is -2.30. The molecule has 0 saturated heterocycles. The van der Waals surface area contributed by atoms with Gasteiger partial charge in [-0.3, -0.25) is 37.3 Å². The standard InChI is InChI=1S/C66H128O17P2/c1-56(2)42-34-26-18-15-13-11-9-10-12-14-16-20-32-40-48-65(70)82-61(52-76-63(68)46-38-30-24-22-28-36-44-58(5)6)54-80-84(72,73)78-50-60(67)51-79-85(74,75)81-55-62(53-77-64(69)47-39-31-25-23-29-37-45-59(7)8)83-66(71)49-41-33-21-17-19-27-35-43-57(3)4/h56-62,67H,9-55H2,1-8H3,(H,72,73)(H,74,75)/t60-,61-,62-/m1/s1. The first kappa shape index (κ1) is 83.1. The van der Waals surface area contributed by atoms with Crippen LogP contribution in [0.4, 0.5) is 0 Å². The summed E-state index contributed by atoms with van der Waals surface area (Å²) in [4.78, 5) is 72.2. The number of phosphoric acid groups is 2. The van der Waals surface area contributed by atoms with Gasteiger partial charge in [0.05, 0.1) is 26.4 Å². The highest BCUT2D eigenvalue weighted by Crippen LogP contribution is 2.45. The Labute approximate surface area is 517 Å². The molecule has 0 amide bonds. The molecule has 2 unspecified atom stereocenters. The van der Waals surface area contributed by atoms with Crippen LogP contribution in [-0.2, 0) is 65.4 Å². The van der Waals surface area contributed by atoms with E-state index >= 15 is 0 Å². The van der Waals surface area contributed by atoms with Crippen LogP contribution in [0.15, 0.2) is 0 Å². The third-order valence-corrected chi connectivity index (χ3v) is 17.0. The molecule has 5 atom stereocenters. The normalized spacial score (nSPS) is 14.4. The van der Waals surface area contributed by atoms with Crippen molar-refractivity contribution in [1.29, 1.82) is 0 Å². The van der Waals surface area contributed by atoms with E-state index in [2.05, 4.69) is 55.4 Å². The summed E-state index contributed by atoms with van der Waals surface area (Å²) < 4.78 is 68.0. The number of carbonyl (C=O) groups excluding carboxylic acids is 4. The van der Waals surface area contributed by atoms with Crippen LogP contribution >= 0.6 is 15.6 Å². The lowest BCUT2D eigenvalue weighted by molar-refractivity contribution is -0.161. The molecule has 19 heteroatoms. The van der Waals surface area contributed by atoms with Crippen LogP contribution in [0.2, 0.25) is 0 Å². The molecule has 3 N–H and O–H groups in total. The van der Waals surface area contributed by atoms with E-state index in [4.69, 9.17) is 37.0 Å². The van der Waals surface area contributed by atoms with Gasteiger partial charge in [0, 0.05) is 25.7 Å². The van der Waals surface area contributed by atoms with Crippen LogP contribution in [0.5, 0.6) is 0 Å². The maximum atomic E-state index is 13.0. The highest BCUT2D eigenvalue weighted by Gasteiger charge is 2.30. The quantitative estimate of drug-likeness (QED) is 0.0222. The maximum absolute atomic E-state index is 13.0. The van der Waals surface area contributed by atoms with Crippen molar-refractivity contribution in [3.8, 4) is 0 Å². The van der Waals surface area contributed by atoms with Crippen LogP contribution in [0.25, 0.3) is 0 Å². The summed E-state index contributed by atoms with van der Waals surface area (Å²) >= 11 is 0. The molecule has 0 aromatic heterocycles. The fourth-order valence-corrected chi connectivity index (χ4v) is 11.4. The number of aliphatic hydroxyl groups is 1. The first-order valence-electron chi connectivity index (χ1n) is 34.2. The van der Waals surface area contributed by atoms with E-state index in [1.54, 1.807) is 0 Å². The average Bonchev–Trinajstić information content (AvgIpc) is 3.48. The molecule has 0 aromatic carbocycles. The first-order chi connectivity index (χ1) is 40.6. The topological polar surface area (TPSA) is 237 Å². The van der Waals surface area contributed by atoms with Crippen molar-refractivity contribution in [3.63, 3.8) is 0 Å². The van der Waals surface area contributed by atoms with Gasteiger partial charge in [-0.1, -0.05) is 267 Å². The maximum Gasteiger partial charge on any atom is 0.472 e. The highest BCUT2D eigenvalue weighted by molar-refractivity contribution is 7.47. The van der Waals surface area contributed by atoms with E-state index in [-0.39, 0.29) is 25.7 Å². The highest BCUT2D eigenvalue weighted by atomic mass is 31.2. The van der Waals surface area contributed by atoms with E-state index in [1.807, 2.05) is 0 Å². The molecule has 0 saturated carbocycles. The Morgan fingerprint density at radius 3 is 0.729 bits per heavy atom. The SMILES string of the molecule is CC(C)CCCCCCCCCCCCCCCCC(=O)O[C@H](COC(=O)CCCCCCCCC(C)C)COP(=O)(O)OC[C@@H](O)COP(=O)(O)OC[C@@H](COC(=O)CCCCCCCCC(C)C)OC(=O)CCCCCCCCCC(C)C. The Morgan fingerprint density at radius 1 is 0.294 bits per heavy atom. The Bertz CT molecular complexity index is 1700. The molecule has 0 aliphatic rings. The molecular formula is C66H128O17P2. The van der Waals surface area contributed by atoms with E-state index in [1.165, 1.54) is 109 Å². The zero-order valence-corrected chi connectivity index (χ0v) is 57.0. The Kier molecular flexibility index (Phi) is 54.8. The van der Waals surface area contributed by atoms with E-state index < -0.39 is 97.5 Å². The van der Waals surface area contributed by atoms with E-state index in [9.17, 15) is 43.2 Å². The number of aliphatic hydroxyl groups excluding tert-OH is 1. The van der Waals surface area contributed by atoms with Gasteiger partial charge < -0.3 is 33.8 Å². The van der Waals surface area contributed by atoms with E-state index in [0.29, 0.717) is 43.4 Å². The van der Waals surface area contributed by atoms with Gasteiger partial charge in [0.25, 0.3) is 0 Å². The summed E-state index contributed by atoms with van der Waals surface area (Å²) in [5.41, 5.74) is 0. The zero-order valence-electron chi connectivity index (χ0n) is 55.2. The molecule has 0 aromatic rings. The van der Waals surface area contributed by atoms with Crippen molar-refractivity contribution in [1.82, 2.24) is 0 Å². The van der Waals surface area contributed by atoms with Gasteiger partial charge in [-0.05, 0) is 49.4 Å². The minimum absolute atomic E-state index is 0.102. The second-order valence-electron chi connectivity index (χ2n) is 25.8. The molecule has 0 heterocycles. The number of hydrogen-bond acceptors (Lipinski definition) is 15. The van der Waals surface area contributed by atoms with Crippen LogP contribution in [0.3, 0.4) is 0 Å². The van der Waals surface area contributed by atoms with Gasteiger partial charge in [-0.2, -0.15) is 0 Å². The van der Waals surface area contributed by atoms with Gasteiger partial charge in [-0.15, -0.1) is 0 Å². The van der Waals surface area contributed by atoms with Crippen molar-refractivity contribution in [3.05, 3.63) is 0 Å². The number of hydrogen-bond donors (Lipinski definition) is 3. The minimum Gasteiger partial charge on any atom is -0.462 e. The summed E-state index contributed by atoms with van der Waals surface area (Å²) in [6.07, 6.45) is 36.6. The van der Waals surface area contributed by atoms with Crippen molar-refractivity contribution in [2.24, 2.45) is 23.7 Å². The Morgan fingerprint density at radius 2 is 0.494 bits per heavy atom. The molecular weight excluding hydrogens is 1130 g/mol. The second-order valence-corrected chi connectivity index (χ2v) is 28.7. The first-order valence-corrected chi connectivity index (χ1v) is 37.2. The third kappa shape index (κ3) is 60.7. The summed E-state index contributed by atoms with van der Waals surface area (Å²) in [5.74, 6) is 0.709. The fraction of sp³-hybridized carbons (Fsp3) is 0.939. The number of esters is 4. The molecule has 0 bridgehead atoms. The number of ether oxygens (including phenoxy) is 4. The van der Waals surface area contributed by atoms with Crippen molar-refractivity contribution < 1.29 is 80.2 Å². The molecule has 85 heavy (non-hydrogen) atoms. The largest absolute Gasteiger partial charge is 0.472 e. The molecule has 0 aliphatic carbocycles. The minimum atomic E-state index is -4.95. The zero-order chi connectivity index (χ0) is 63.2. The van der Waals surface area contributed by atoms with Crippen molar-refractivity contribution >= 4 is 39.5 Å². The van der Waals surface area contributed by atoms with Crippen LogP contribution < -0.4 is 0 Å². The van der Waals surface area contributed by atoms with Crippen molar-refractivity contribution in [2.75, 3.05) is 39.6 Å².